The highest BCUT2D eigenvalue weighted by molar-refractivity contribution is 5.94. The highest BCUT2D eigenvalue weighted by Gasteiger charge is 2.40. The number of carbonyl (C=O) groups is 2. The number of aromatic nitrogens is 3. The molecule has 5 heterocycles. The Kier molecular flexibility index (Phi) is 4.40. The SMILES string of the molecule is CCc1ocnc1C(=O)N1CC2CCC1CN(C(=O)c1cnccn1)C2. The lowest BCUT2D eigenvalue weighted by atomic mass is 9.94. The van der Waals surface area contributed by atoms with Gasteiger partial charge in [-0.1, -0.05) is 6.92 Å². The maximum Gasteiger partial charge on any atom is 0.276 e. The second-order valence-electron chi connectivity index (χ2n) is 6.83. The molecule has 8 nitrogen and oxygen atoms in total. The molecule has 0 aliphatic carbocycles. The minimum atomic E-state index is -0.125. The van der Waals surface area contributed by atoms with Crippen LogP contribution in [0.3, 0.4) is 0 Å². The van der Waals surface area contributed by atoms with Crippen LogP contribution in [0, 0.1) is 5.92 Å². The van der Waals surface area contributed by atoms with Crippen LogP contribution in [0.15, 0.2) is 29.4 Å². The number of carbonyl (C=O) groups excluding carboxylic acids is 2. The zero-order valence-corrected chi connectivity index (χ0v) is 14.7. The summed E-state index contributed by atoms with van der Waals surface area (Å²) in [6.45, 7) is 3.73. The molecule has 3 fully saturated rings. The first-order chi connectivity index (χ1) is 12.7. The molecule has 26 heavy (non-hydrogen) atoms. The molecule has 0 spiro atoms. The van der Waals surface area contributed by atoms with E-state index >= 15 is 0 Å². The first-order valence-corrected chi connectivity index (χ1v) is 8.96. The molecule has 136 valence electrons. The summed E-state index contributed by atoms with van der Waals surface area (Å²) in [6.07, 6.45) is 8.41. The third-order valence-electron chi connectivity index (χ3n) is 5.21. The van der Waals surface area contributed by atoms with Crippen molar-refractivity contribution in [2.24, 2.45) is 5.92 Å². The van der Waals surface area contributed by atoms with Crippen molar-refractivity contribution < 1.29 is 14.0 Å². The van der Waals surface area contributed by atoms with Crippen LogP contribution in [0.5, 0.6) is 0 Å². The molecule has 2 unspecified atom stereocenters. The van der Waals surface area contributed by atoms with E-state index in [0.29, 0.717) is 43.2 Å². The van der Waals surface area contributed by atoms with Crippen LogP contribution in [0.1, 0.15) is 46.5 Å². The number of oxazole rings is 1. The van der Waals surface area contributed by atoms with Crippen molar-refractivity contribution in [2.45, 2.75) is 32.2 Å². The second kappa shape index (κ2) is 6.86. The lowest BCUT2D eigenvalue weighted by Crippen LogP contribution is -2.48. The first-order valence-electron chi connectivity index (χ1n) is 8.96. The van der Waals surface area contributed by atoms with Crippen LogP contribution in [-0.2, 0) is 6.42 Å². The van der Waals surface area contributed by atoms with E-state index in [-0.39, 0.29) is 23.8 Å². The molecule has 2 amide bonds. The van der Waals surface area contributed by atoms with E-state index in [1.807, 2.05) is 16.7 Å². The molecule has 2 aromatic heterocycles. The van der Waals surface area contributed by atoms with Gasteiger partial charge in [-0.05, 0) is 18.8 Å². The summed E-state index contributed by atoms with van der Waals surface area (Å²) in [4.78, 5) is 41.7. The van der Waals surface area contributed by atoms with Crippen LogP contribution >= 0.6 is 0 Å². The topological polar surface area (TPSA) is 92.4 Å². The second-order valence-corrected chi connectivity index (χ2v) is 6.83. The molecular weight excluding hydrogens is 334 g/mol. The third-order valence-corrected chi connectivity index (χ3v) is 5.21. The predicted octanol–water partition coefficient (Wildman–Crippen LogP) is 1.40. The first kappa shape index (κ1) is 16.7. The predicted molar refractivity (Wildman–Crippen MR) is 91.4 cm³/mol. The highest BCUT2D eigenvalue weighted by atomic mass is 16.3. The zero-order valence-electron chi connectivity index (χ0n) is 14.7. The summed E-state index contributed by atoms with van der Waals surface area (Å²) >= 11 is 0. The van der Waals surface area contributed by atoms with Crippen molar-refractivity contribution in [3.63, 3.8) is 0 Å². The summed E-state index contributed by atoms with van der Waals surface area (Å²) in [5, 5.41) is 0. The van der Waals surface area contributed by atoms with E-state index in [1.165, 1.54) is 18.8 Å². The minimum Gasteiger partial charge on any atom is -0.448 e. The van der Waals surface area contributed by atoms with Crippen LogP contribution in [0.2, 0.25) is 0 Å². The molecule has 8 heteroatoms. The molecule has 0 aromatic carbocycles. The van der Waals surface area contributed by atoms with Crippen LogP contribution in [0.4, 0.5) is 0 Å². The molecule has 0 radical (unpaired) electrons. The van der Waals surface area contributed by atoms with E-state index < -0.39 is 0 Å². The Morgan fingerprint density at radius 3 is 2.81 bits per heavy atom. The van der Waals surface area contributed by atoms with Gasteiger partial charge in [-0.25, -0.2) is 9.97 Å². The molecule has 0 saturated carbocycles. The monoisotopic (exact) mass is 355 g/mol. The third kappa shape index (κ3) is 2.95. The smallest absolute Gasteiger partial charge is 0.276 e. The summed E-state index contributed by atoms with van der Waals surface area (Å²) < 4.78 is 5.32. The number of hydrogen-bond donors (Lipinski definition) is 0. The maximum absolute atomic E-state index is 13.0. The van der Waals surface area contributed by atoms with Crippen LogP contribution in [-0.4, -0.2) is 62.2 Å². The summed E-state index contributed by atoms with van der Waals surface area (Å²) in [7, 11) is 0. The number of rotatable bonds is 3. The Bertz CT molecular complexity index is 806. The summed E-state index contributed by atoms with van der Waals surface area (Å²) in [6, 6.07) is -0.0109. The summed E-state index contributed by atoms with van der Waals surface area (Å²) in [5.74, 6) is 0.650. The average Bonchev–Trinajstić information content (AvgIpc) is 2.98. The Hall–Kier alpha value is -2.77. The average molecular weight is 355 g/mol. The van der Waals surface area contributed by atoms with Crippen LogP contribution in [0.25, 0.3) is 0 Å². The van der Waals surface area contributed by atoms with Gasteiger partial charge in [0.2, 0.25) is 0 Å². The molecule has 3 aliphatic heterocycles. The number of fused-ring (bicyclic) bond motifs is 4. The van der Waals surface area contributed by atoms with Crippen molar-refractivity contribution in [3.05, 3.63) is 42.1 Å². The van der Waals surface area contributed by atoms with Crippen molar-refractivity contribution in [3.8, 4) is 0 Å². The molecule has 3 aliphatic rings. The largest absolute Gasteiger partial charge is 0.448 e. The van der Waals surface area contributed by atoms with Gasteiger partial charge in [0, 0.05) is 44.5 Å². The highest BCUT2D eigenvalue weighted by Crippen LogP contribution is 2.30. The maximum atomic E-state index is 13.0. The molecule has 0 N–H and O–H groups in total. The van der Waals surface area contributed by atoms with Gasteiger partial charge in [0.15, 0.2) is 12.1 Å². The van der Waals surface area contributed by atoms with Gasteiger partial charge in [0.25, 0.3) is 11.8 Å². The Labute approximate surface area is 151 Å². The van der Waals surface area contributed by atoms with Crippen molar-refractivity contribution >= 4 is 11.8 Å². The molecular formula is C18H21N5O3. The molecule has 2 bridgehead atoms. The van der Waals surface area contributed by atoms with Gasteiger partial charge >= 0.3 is 0 Å². The van der Waals surface area contributed by atoms with Gasteiger partial charge in [0.1, 0.15) is 11.5 Å². The molecule has 5 rings (SSSR count). The van der Waals surface area contributed by atoms with E-state index in [1.54, 1.807) is 6.20 Å². The lowest BCUT2D eigenvalue weighted by Gasteiger charge is -2.35. The normalized spacial score (nSPS) is 22.3. The minimum absolute atomic E-state index is 0.0109. The summed E-state index contributed by atoms with van der Waals surface area (Å²) in [5.41, 5.74) is 0.739. The molecule has 2 aromatic rings. The Morgan fingerprint density at radius 2 is 2.04 bits per heavy atom. The van der Waals surface area contributed by atoms with Crippen molar-refractivity contribution in [1.82, 2.24) is 24.8 Å². The Balaban J connectivity index is 1.55. The standard InChI is InChI=1S/C18H21N5O3/c1-2-15-16(21-11-26-15)18(25)23-9-12-3-4-13(23)10-22(8-12)17(24)14-7-19-5-6-20-14/h5-7,11-13H,2-4,8-10H2,1H3. The van der Waals surface area contributed by atoms with Gasteiger partial charge < -0.3 is 14.2 Å². The number of amides is 2. The van der Waals surface area contributed by atoms with Gasteiger partial charge in [-0.2, -0.15) is 0 Å². The van der Waals surface area contributed by atoms with Gasteiger partial charge in [-0.3, -0.25) is 14.6 Å². The number of piperidine rings is 1. The fraction of sp³-hybridized carbons (Fsp3) is 0.500. The van der Waals surface area contributed by atoms with Crippen molar-refractivity contribution in [1.29, 1.82) is 0 Å². The quantitative estimate of drug-likeness (QED) is 0.826. The van der Waals surface area contributed by atoms with Crippen LogP contribution < -0.4 is 0 Å². The number of hydrogen-bond acceptors (Lipinski definition) is 6. The van der Waals surface area contributed by atoms with E-state index in [0.717, 1.165) is 12.8 Å². The number of aryl methyl sites for hydroxylation is 1. The lowest BCUT2D eigenvalue weighted by molar-refractivity contribution is 0.0567. The molecule has 2 atom stereocenters. The van der Waals surface area contributed by atoms with E-state index in [9.17, 15) is 9.59 Å². The fourth-order valence-electron chi connectivity index (χ4n) is 3.90. The zero-order chi connectivity index (χ0) is 18.1. The molecule has 3 saturated heterocycles. The van der Waals surface area contributed by atoms with E-state index in [2.05, 4.69) is 15.0 Å². The van der Waals surface area contributed by atoms with Crippen molar-refractivity contribution in [2.75, 3.05) is 19.6 Å². The van der Waals surface area contributed by atoms with Gasteiger partial charge in [-0.15, -0.1) is 0 Å². The number of nitrogens with zero attached hydrogens (tertiary/aromatic N) is 5. The fourth-order valence-corrected chi connectivity index (χ4v) is 3.90. The van der Waals surface area contributed by atoms with E-state index in [4.69, 9.17) is 4.42 Å². The Morgan fingerprint density at radius 1 is 1.15 bits per heavy atom. The van der Waals surface area contributed by atoms with Gasteiger partial charge in [0.05, 0.1) is 6.20 Å².